The van der Waals surface area contributed by atoms with E-state index in [1.165, 1.54) is 11.3 Å². The van der Waals surface area contributed by atoms with E-state index in [4.69, 9.17) is 5.11 Å². The van der Waals surface area contributed by atoms with Gasteiger partial charge in [-0.25, -0.2) is 4.98 Å². The number of aryl methyl sites for hydroxylation is 1. The Morgan fingerprint density at radius 2 is 2.38 bits per heavy atom. The average molecular weight is 240 g/mol. The van der Waals surface area contributed by atoms with Crippen LogP contribution in [0.2, 0.25) is 0 Å². The van der Waals surface area contributed by atoms with Crippen molar-refractivity contribution in [2.75, 3.05) is 13.1 Å². The largest absolute Gasteiger partial charge is 0.481 e. The molecule has 1 N–H and O–H groups in total. The van der Waals surface area contributed by atoms with Crippen molar-refractivity contribution in [3.8, 4) is 0 Å². The first-order valence-corrected chi connectivity index (χ1v) is 5.89. The maximum Gasteiger partial charge on any atom is 0.308 e. The van der Waals surface area contributed by atoms with Gasteiger partial charge in [0.15, 0.2) is 0 Å². The first-order chi connectivity index (χ1) is 7.59. The van der Waals surface area contributed by atoms with Crippen molar-refractivity contribution in [2.24, 2.45) is 5.92 Å². The molecule has 5 nitrogen and oxygen atoms in total. The lowest BCUT2D eigenvalue weighted by atomic mass is 10.1. The molecule has 1 atom stereocenters. The molecule has 86 valence electrons. The molecular weight excluding hydrogens is 228 g/mol. The maximum absolute atomic E-state index is 12.0. The van der Waals surface area contributed by atoms with E-state index in [1.807, 2.05) is 0 Å². The average Bonchev–Trinajstić information content (AvgIpc) is 2.84. The van der Waals surface area contributed by atoms with Gasteiger partial charge in [0.2, 0.25) is 0 Å². The zero-order valence-electron chi connectivity index (χ0n) is 8.84. The van der Waals surface area contributed by atoms with Crippen molar-refractivity contribution in [3.63, 3.8) is 0 Å². The van der Waals surface area contributed by atoms with Crippen LogP contribution in [-0.4, -0.2) is 40.0 Å². The van der Waals surface area contributed by atoms with E-state index < -0.39 is 11.9 Å². The SMILES string of the molecule is Cc1ncsc1C(=O)N1CCC(C(=O)O)C1. The zero-order chi connectivity index (χ0) is 11.7. The summed E-state index contributed by atoms with van der Waals surface area (Å²) in [6.07, 6.45) is 0.541. The minimum atomic E-state index is -0.823. The lowest BCUT2D eigenvalue weighted by Gasteiger charge is -2.14. The first-order valence-electron chi connectivity index (χ1n) is 5.01. The minimum Gasteiger partial charge on any atom is -0.481 e. The summed E-state index contributed by atoms with van der Waals surface area (Å²) in [4.78, 5) is 29.0. The summed E-state index contributed by atoms with van der Waals surface area (Å²) in [7, 11) is 0. The van der Waals surface area contributed by atoms with Crippen LogP contribution in [0.15, 0.2) is 5.51 Å². The molecule has 6 heteroatoms. The fourth-order valence-electron chi connectivity index (χ4n) is 1.80. The van der Waals surface area contributed by atoms with Gasteiger partial charge in [-0.15, -0.1) is 11.3 Å². The van der Waals surface area contributed by atoms with Crippen LogP contribution in [0.4, 0.5) is 0 Å². The Hall–Kier alpha value is -1.43. The number of hydrogen-bond donors (Lipinski definition) is 1. The topological polar surface area (TPSA) is 70.5 Å². The van der Waals surface area contributed by atoms with Crippen molar-refractivity contribution in [1.82, 2.24) is 9.88 Å². The van der Waals surface area contributed by atoms with Crippen molar-refractivity contribution >= 4 is 23.2 Å². The van der Waals surface area contributed by atoms with E-state index in [9.17, 15) is 9.59 Å². The summed E-state index contributed by atoms with van der Waals surface area (Å²) in [5.41, 5.74) is 2.35. The molecular formula is C10H12N2O3S. The third-order valence-corrected chi connectivity index (χ3v) is 3.68. The molecule has 0 bridgehead atoms. The molecule has 0 saturated carbocycles. The highest BCUT2D eigenvalue weighted by Gasteiger charge is 2.32. The molecule has 1 aromatic heterocycles. The monoisotopic (exact) mass is 240 g/mol. The Labute approximate surface area is 96.7 Å². The minimum absolute atomic E-state index is 0.0937. The molecule has 1 fully saturated rings. The molecule has 2 rings (SSSR count). The van der Waals surface area contributed by atoms with E-state index in [0.717, 1.165) is 0 Å². The van der Waals surface area contributed by atoms with Crippen molar-refractivity contribution in [1.29, 1.82) is 0 Å². The molecule has 1 amide bonds. The molecule has 0 aromatic carbocycles. The summed E-state index contributed by atoms with van der Waals surface area (Å²) in [6, 6.07) is 0. The van der Waals surface area contributed by atoms with Gasteiger partial charge in [-0.3, -0.25) is 9.59 Å². The predicted molar refractivity (Wildman–Crippen MR) is 58.5 cm³/mol. The second kappa shape index (κ2) is 4.21. The van der Waals surface area contributed by atoms with Gasteiger partial charge in [-0.2, -0.15) is 0 Å². The number of carboxylic acid groups (broad SMARTS) is 1. The maximum atomic E-state index is 12.0. The number of rotatable bonds is 2. The zero-order valence-corrected chi connectivity index (χ0v) is 9.66. The highest BCUT2D eigenvalue weighted by molar-refractivity contribution is 7.11. The fourth-order valence-corrected chi connectivity index (χ4v) is 2.57. The van der Waals surface area contributed by atoms with Crippen LogP contribution < -0.4 is 0 Å². The van der Waals surface area contributed by atoms with Gasteiger partial charge in [-0.05, 0) is 13.3 Å². The Morgan fingerprint density at radius 1 is 1.62 bits per heavy atom. The summed E-state index contributed by atoms with van der Waals surface area (Å²) in [5, 5.41) is 8.85. The van der Waals surface area contributed by atoms with Gasteiger partial charge >= 0.3 is 5.97 Å². The van der Waals surface area contributed by atoms with Crippen molar-refractivity contribution in [2.45, 2.75) is 13.3 Å². The number of hydrogen-bond acceptors (Lipinski definition) is 4. The number of aliphatic carboxylic acids is 1. The van der Waals surface area contributed by atoms with Crippen LogP contribution in [0.5, 0.6) is 0 Å². The van der Waals surface area contributed by atoms with Gasteiger partial charge in [0.25, 0.3) is 5.91 Å². The van der Waals surface area contributed by atoms with Crippen LogP contribution in [0.3, 0.4) is 0 Å². The van der Waals surface area contributed by atoms with E-state index in [2.05, 4.69) is 4.98 Å². The molecule has 0 spiro atoms. The Bertz CT molecular complexity index is 429. The van der Waals surface area contributed by atoms with Crippen molar-refractivity contribution < 1.29 is 14.7 Å². The second-order valence-electron chi connectivity index (χ2n) is 3.84. The van der Waals surface area contributed by atoms with Crippen LogP contribution in [0.1, 0.15) is 21.8 Å². The van der Waals surface area contributed by atoms with Crippen LogP contribution in [0, 0.1) is 12.8 Å². The summed E-state index contributed by atoms with van der Waals surface area (Å²) in [5.74, 6) is -1.34. The molecule has 1 saturated heterocycles. The van der Waals surface area contributed by atoms with Crippen LogP contribution >= 0.6 is 11.3 Å². The van der Waals surface area contributed by atoms with E-state index in [0.29, 0.717) is 30.1 Å². The van der Waals surface area contributed by atoms with Gasteiger partial charge in [0.1, 0.15) is 4.88 Å². The van der Waals surface area contributed by atoms with Gasteiger partial charge in [0, 0.05) is 13.1 Å². The number of carbonyl (C=O) groups is 2. The number of amides is 1. The lowest BCUT2D eigenvalue weighted by molar-refractivity contribution is -0.141. The third-order valence-electron chi connectivity index (χ3n) is 2.76. The Balaban J connectivity index is 2.08. The summed E-state index contributed by atoms with van der Waals surface area (Å²) < 4.78 is 0. The fraction of sp³-hybridized carbons (Fsp3) is 0.500. The second-order valence-corrected chi connectivity index (χ2v) is 4.70. The first kappa shape index (κ1) is 11.1. The van der Waals surface area contributed by atoms with Gasteiger partial charge < -0.3 is 10.0 Å². The quantitative estimate of drug-likeness (QED) is 0.837. The number of thiazole rings is 1. The third kappa shape index (κ3) is 1.92. The highest BCUT2D eigenvalue weighted by atomic mass is 32.1. The van der Waals surface area contributed by atoms with Crippen molar-refractivity contribution in [3.05, 3.63) is 16.1 Å². The lowest BCUT2D eigenvalue weighted by Crippen LogP contribution is -2.29. The van der Waals surface area contributed by atoms with E-state index in [1.54, 1.807) is 17.3 Å². The number of nitrogens with zero attached hydrogens (tertiary/aromatic N) is 2. The number of carboxylic acids is 1. The van der Waals surface area contributed by atoms with Crippen LogP contribution in [0.25, 0.3) is 0 Å². The molecule has 0 radical (unpaired) electrons. The molecule has 2 heterocycles. The molecule has 1 aliphatic heterocycles. The summed E-state index contributed by atoms with van der Waals surface area (Å²) in [6.45, 7) is 2.62. The van der Waals surface area contributed by atoms with Crippen LogP contribution in [-0.2, 0) is 4.79 Å². The predicted octanol–water partition coefficient (Wildman–Crippen LogP) is 0.998. The van der Waals surface area contributed by atoms with Gasteiger partial charge in [0.05, 0.1) is 17.1 Å². The molecule has 16 heavy (non-hydrogen) atoms. The number of likely N-dealkylation sites (tertiary alicyclic amines) is 1. The molecule has 1 aromatic rings. The standard InChI is InChI=1S/C10H12N2O3S/c1-6-8(16-5-11-6)9(13)12-3-2-7(4-12)10(14)15/h5,7H,2-4H2,1H3,(H,14,15). The molecule has 1 unspecified atom stereocenters. The highest BCUT2D eigenvalue weighted by Crippen LogP contribution is 2.21. The number of aromatic nitrogens is 1. The molecule has 0 aliphatic carbocycles. The van der Waals surface area contributed by atoms with Gasteiger partial charge in [-0.1, -0.05) is 0 Å². The Kier molecular flexibility index (Phi) is 2.91. The smallest absolute Gasteiger partial charge is 0.308 e. The summed E-state index contributed by atoms with van der Waals surface area (Å²) >= 11 is 1.30. The Morgan fingerprint density at radius 3 is 2.88 bits per heavy atom. The normalized spacial score (nSPS) is 20.1. The number of carbonyl (C=O) groups excluding carboxylic acids is 1. The molecule has 1 aliphatic rings. The van der Waals surface area contributed by atoms with E-state index in [-0.39, 0.29) is 5.91 Å². The van der Waals surface area contributed by atoms with E-state index >= 15 is 0 Å².